The van der Waals surface area contributed by atoms with Crippen LogP contribution in [-0.2, 0) is 0 Å². The zero-order valence-corrected chi connectivity index (χ0v) is 12.6. The second kappa shape index (κ2) is 5.46. The molecule has 1 aromatic heterocycles. The first-order valence-electron chi connectivity index (χ1n) is 5.37. The molecule has 4 nitrogen and oxygen atoms in total. The van der Waals surface area contributed by atoms with Crippen molar-refractivity contribution in [2.75, 3.05) is 20.1 Å². The fraction of sp³-hybridized carbons (Fsp3) is 0.455. The number of amides is 1. The number of rotatable bonds is 2. The van der Waals surface area contributed by atoms with Crippen LogP contribution in [-0.4, -0.2) is 42.0 Å². The van der Waals surface area contributed by atoms with Crippen molar-refractivity contribution in [3.63, 3.8) is 0 Å². The van der Waals surface area contributed by atoms with Crippen molar-refractivity contribution < 1.29 is 4.79 Å². The molecular weight excluding hydrogens is 350 g/mol. The van der Waals surface area contributed by atoms with E-state index in [9.17, 15) is 4.79 Å². The molecule has 0 radical (unpaired) electrons. The highest BCUT2D eigenvalue weighted by molar-refractivity contribution is 9.11. The molecule has 2 heterocycles. The third-order valence-electron chi connectivity index (χ3n) is 2.75. The summed E-state index contributed by atoms with van der Waals surface area (Å²) in [7, 11) is 2.06. The van der Waals surface area contributed by atoms with E-state index in [0.717, 1.165) is 19.5 Å². The molecule has 1 saturated heterocycles. The predicted molar refractivity (Wildman–Crippen MR) is 73.0 cm³/mol. The van der Waals surface area contributed by atoms with Crippen LogP contribution in [0.15, 0.2) is 21.3 Å². The van der Waals surface area contributed by atoms with Gasteiger partial charge in [0.1, 0.15) is 9.21 Å². The van der Waals surface area contributed by atoms with Gasteiger partial charge < -0.3 is 10.2 Å². The average Bonchev–Trinajstić information content (AvgIpc) is 2.62. The summed E-state index contributed by atoms with van der Waals surface area (Å²) in [6.07, 6.45) is 1.01. The molecule has 17 heavy (non-hydrogen) atoms. The van der Waals surface area contributed by atoms with E-state index >= 15 is 0 Å². The van der Waals surface area contributed by atoms with Crippen LogP contribution in [0, 0.1) is 0 Å². The lowest BCUT2D eigenvalue weighted by Gasteiger charge is -2.13. The van der Waals surface area contributed by atoms with Crippen LogP contribution in [0.4, 0.5) is 0 Å². The number of likely N-dealkylation sites (N-methyl/N-ethyl adjacent to an activating group) is 1. The Morgan fingerprint density at radius 2 is 2.12 bits per heavy atom. The summed E-state index contributed by atoms with van der Waals surface area (Å²) in [4.78, 5) is 18.3. The number of aromatic nitrogens is 1. The molecule has 0 aliphatic carbocycles. The van der Waals surface area contributed by atoms with Gasteiger partial charge in [-0.3, -0.25) is 4.79 Å². The Labute approximate surface area is 117 Å². The van der Waals surface area contributed by atoms with E-state index < -0.39 is 0 Å². The quantitative estimate of drug-likeness (QED) is 0.819. The van der Waals surface area contributed by atoms with Crippen LogP contribution in [0.2, 0.25) is 0 Å². The van der Waals surface area contributed by atoms with E-state index in [2.05, 4.69) is 54.1 Å². The summed E-state index contributed by atoms with van der Waals surface area (Å²) >= 11 is 6.55. The van der Waals surface area contributed by atoms with Crippen molar-refractivity contribution in [2.45, 2.75) is 12.5 Å². The van der Waals surface area contributed by atoms with Gasteiger partial charge >= 0.3 is 0 Å². The number of hydrogen-bond donors (Lipinski definition) is 1. The lowest BCUT2D eigenvalue weighted by Crippen LogP contribution is -2.36. The lowest BCUT2D eigenvalue weighted by atomic mass is 10.2. The highest BCUT2D eigenvalue weighted by Crippen LogP contribution is 2.16. The van der Waals surface area contributed by atoms with Crippen molar-refractivity contribution in [1.82, 2.24) is 15.2 Å². The molecule has 2 rings (SSSR count). The van der Waals surface area contributed by atoms with Gasteiger partial charge in [-0.1, -0.05) is 0 Å². The number of pyridine rings is 1. The fourth-order valence-corrected chi connectivity index (χ4v) is 3.03. The molecule has 6 heteroatoms. The number of carbonyl (C=O) groups is 1. The standard InChI is InChI=1S/C11H13Br2N3O/c1-16-3-2-8(6-16)14-11(17)7-4-9(12)15-10(13)5-7/h4-5,8H,2-3,6H2,1H3,(H,14,17). The normalized spacial score (nSPS) is 20.5. The summed E-state index contributed by atoms with van der Waals surface area (Å²) in [5.41, 5.74) is 0.619. The van der Waals surface area contributed by atoms with E-state index in [1.165, 1.54) is 0 Å². The van der Waals surface area contributed by atoms with Crippen LogP contribution in [0.5, 0.6) is 0 Å². The number of likely N-dealkylation sites (tertiary alicyclic amines) is 1. The molecule has 92 valence electrons. The smallest absolute Gasteiger partial charge is 0.251 e. The van der Waals surface area contributed by atoms with Crippen molar-refractivity contribution in [2.24, 2.45) is 0 Å². The number of nitrogens with one attached hydrogen (secondary N) is 1. The Morgan fingerprint density at radius 1 is 1.47 bits per heavy atom. The molecule has 1 aliphatic heterocycles. The number of nitrogens with zero attached hydrogens (tertiary/aromatic N) is 2. The monoisotopic (exact) mass is 361 g/mol. The number of hydrogen-bond acceptors (Lipinski definition) is 3. The second-order valence-corrected chi connectivity index (χ2v) is 5.85. The van der Waals surface area contributed by atoms with Gasteiger partial charge in [-0.15, -0.1) is 0 Å². The van der Waals surface area contributed by atoms with E-state index in [1.807, 2.05) is 0 Å². The van der Waals surface area contributed by atoms with E-state index in [4.69, 9.17) is 0 Å². The Balaban J connectivity index is 2.04. The van der Waals surface area contributed by atoms with Gasteiger partial charge in [0.25, 0.3) is 5.91 Å². The van der Waals surface area contributed by atoms with Gasteiger partial charge in [-0.2, -0.15) is 0 Å². The van der Waals surface area contributed by atoms with Crippen molar-refractivity contribution >= 4 is 37.8 Å². The minimum Gasteiger partial charge on any atom is -0.348 e. The summed E-state index contributed by atoms with van der Waals surface area (Å²) in [6, 6.07) is 3.69. The molecule has 1 unspecified atom stereocenters. The summed E-state index contributed by atoms with van der Waals surface area (Å²) in [5, 5.41) is 3.03. The van der Waals surface area contributed by atoms with E-state index in [0.29, 0.717) is 14.8 Å². The molecule has 1 fully saturated rings. The van der Waals surface area contributed by atoms with Crippen LogP contribution >= 0.6 is 31.9 Å². The molecule has 0 spiro atoms. The maximum absolute atomic E-state index is 12.0. The average molecular weight is 363 g/mol. The van der Waals surface area contributed by atoms with Crippen LogP contribution in [0.25, 0.3) is 0 Å². The van der Waals surface area contributed by atoms with E-state index in [1.54, 1.807) is 12.1 Å². The molecule has 1 atom stereocenters. The summed E-state index contributed by atoms with van der Waals surface area (Å²) < 4.78 is 1.31. The Kier molecular flexibility index (Phi) is 4.17. The molecule has 1 amide bonds. The number of carbonyl (C=O) groups excluding carboxylic acids is 1. The predicted octanol–water partition coefficient (Wildman–Crippen LogP) is 2.04. The Bertz CT molecular complexity index is 418. The van der Waals surface area contributed by atoms with Gasteiger partial charge in [0, 0.05) is 18.2 Å². The topological polar surface area (TPSA) is 45.2 Å². The highest BCUT2D eigenvalue weighted by Gasteiger charge is 2.21. The van der Waals surface area contributed by atoms with Crippen LogP contribution in [0.1, 0.15) is 16.8 Å². The molecular formula is C11H13Br2N3O. The molecule has 0 saturated carbocycles. The first kappa shape index (κ1) is 13.0. The van der Waals surface area contributed by atoms with Crippen LogP contribution in [0.3, 0.4) is 0 Å². The van der Waals surface area contributed by atoms with Gasteiger partial charge in [0.2, 0.25) is 0 Å². The lowest BCUT2D eigenvalue weighted by molar-refractivity contribution is 0.0938. The van der Waals surface area contributed by atoms with Crippen LogP contribution < -0.4 is 5.32 Å². The zero-order chi connectivity index (χ0) is 12.4. The van der Waals surface area contributed by atoms with Gasteiger partial charge in [-0.25, -0.2) is 4.98 Å². The Hall–Kier alpha value is -0.460. The molecule has 0 aromatic carbocycles. The van der Waals surface area contributed by atoms with Gasteiger partial charge in [0.15, 0.2) is 0 Å². The maximum atomic E-state index is 12.0. The minimum atomic E-state index is -0.0471. The third-order valence-corrected chi connectivity index (χ3v) is 3.56. The molecule has 1 N–H and O–H groups in total. The van der Waals surface area contributed by atoms with Gasteiger partial charge in [-0.05, 0) is 64.0 Å². The zero-order valence-electron chi connectivity index (χ0n) is 9.41. The maximum Gasteiger partial charge on any atom is 0.251 e. The van der Waals surface area contributed by atoms with Crippen molar-refractivity contribution in [3.8, 4) is 0 Å². The first-order valence-corrected chi connectivity index (χ1v) is 6.95. The third kappa shape index (κ3) is 3.50. The second-order valence-electron chi connectivity index (χ2n) is 4.22. The van der Waals surface area contributed by atoms with Crippen molar-refractivity contribution in [1.29, 1.82) is 0 Å². The summed E-state index contributed by atoms with van der Waals surface area (Å²) in [5.74, 6) is -0.0471. The van der Waals surface area contributed by atoms with Crippen molar-refractivity contribution in [3.05, 3.63) is 26.9 Å². The highest BCUT2D eigenvalue weighted by atomic mass is 79.9. The first-order chi connectivity index (χ1) is 8.04. The molecule has 0 bridgehead atoms. The van der Waals surface area contributed by atoms with Gasteiger partial charge in [0.05, 0.1) is 0 Å². The SMILES string of the molecule is CN1CCC(NC(=O)c2cc(Br)nc(Br)c2)C1. The Morgan fingerprint density at radius 3 is 2.65 bits per heavy atom. The summed E-state index contributed by atoms with van der Waals surface area (Å²) in [6.45, 7) is 1.95. The number of halogens is 2. The van der Waals surface area contributed by atoms with E-state index in [-0.39, 0.29) is 11.9 Å². The molecule has 1 aromatic rings. The molecule has 1 aliphatic rings. The fourth-order valence-electron chi connectivity index (χ4n) is 1.92. The minimum absolute atomic E-state index is 0.0471. The largest absolute Gasteiger partial charge is 0.348 e.